The number of amides is 2. The van der Waals surface area contributed by atoms with E-state index in [1.807, 2.05) is 254 Å². The van der Waals surface area contributed by atoms with Gasteiger partial charge < -0.3 is 69.9 Å². The van der Waals surface area contributed by atoms with Gasteiger partial charge in [-0.3, -0.25) is 9.59 Å². The van der Waals surface area contributed by atoms with Crippen LogP contribution in [0.15, 0.2) is 285 Å². The standard InChI is InChI=1S/C56H61NO9Si.C51H61NO9Si/c1-7-63-67(64-8-2,65-9-3)52-37-39-57(52)54(60)62-40-16-38-55(5,44-25-21-42(22-26-44)41(4)58)45-29-35-51(36-30-45)66-53(59)43-23-27-48(28-24-43)56(46-17-12-10-13-18-46,47-19-14-11-15-20-47)49-31-33-50(61-6)34-32-49;1-8-58-62(59-9-2,60-10-3)47-33-35-52(47)49(55)57-36-14-34-50(5,40-21-17-38(18-22-40)37(4)53)41-25-31-46(32-26-41)61-48(54)39-19-23-43(24-20-39)51(6,42-15-12-11-13-16-42)44-27-29-45(56-7)30-28-44/h10-15,17-36,52H,7-9,16,37-40H2,1-6H3;11-13,15-32,47-48,54H,8-10,14,33-36H2,1-7H3. The molecule has 0 aromatic heterocycles. The van der Waals surface area contributed by atoms with Gasteiger partial charge >= 0.3 is 35.8 Å². The summed E-state index contributed by atoms with van der Waals surface area (Å²) in [6, 6.07) is 93.5. The van der Waals surface area contributed by atoms with Crippen molar-refractivity contribution in [3.8, 4) is 23.0 Å². The first-order valence-corrected chi connectivity index (χ1v) is 48.4. The van der Waals surface area contributed by atoms with Crippen molar-refractivity contribution >= 4 is 47.3 Å². The Labute approximate surface area is 762 Å². The molecule has 2 heterocycles. The minimum Gasteiger partial charge on any atom is -0.497 e. The van der Waals surface area contributed by atoms with E-state index in [0.29, 0.717) is 112 Å². The van der Waals surface area contributed by atoms with Crippen LogP contribution in [0.1, 0.15) is 219 Å². The van der Waals surface area contributed by atoms with E-state index in [1.165, 1.54) is 0 Å². The van der Waals surface area contributed by atoms with Crippen LogP contribution in [-0.2, 0) is 57.7 Å². The average molecular weight is 1780 g/mol. The second kappa shape index (κ2) is 44.6. The number of carbonyl (C=O) groups excluding carboxylic acids is 5. The summed E-state index contributed by atoms with van der Waals surface area (Å²) in [6.07, 6.45) is 1.84. The van der Waals surface area contributed by atoms with E-state index in [1.54, 1.807) is 50.0 Å². The van der Waals surface area contributed by atoms with Crippen molar-refractivity contribution < 1.29 is 84.1 Å². The van der Waals surface area contributed by atoms with Crippen molar-refractivity contribution in [2.75, 3.05) is 80.2 Å². The lowest BCUT2D eigenvalue weighted by Crippen LogP contribution is -2.69. The fraction of sp³-hybridized carbons (Fsp3) is 0.336. The van der Waals surface area contributed by atoms with Gasteiger partial charge in [-0.05, 0) is 223 Å². The zero-order valence-electron chi connectivity index (χ0n) is 76.5. The monoisotopic (exact) mass is 1780 g/mol. The lowest BCUT2D eigenvalue weighted by Gasteiger charge is -2.47. The molecular formula is C107H122N2O18Si2. The first-order valence-electron chi connectivity index (χ1n) is 44.8. The molecule has 11 aromatic carbocycles. The minimum absolute atomic E-state index is 0.00305. The van der Waals surface area contributed by atoms with Crippen molar-refractivity contribution in [2.45, 2.75) is 154 Å². The van der Waals surface area contributed by atoms with Crippen molar-refractivity contribution in [3.05, 3.63) is 369 Å². The predicted molar refractivity (Wildman–Crippen MR) is 505 cm³/mol. The Bertz CT molecular complexity index is 5360. The summed E-state index contributed by atoms with van der Waals surface area (Å²) < 4.78 is 71.3. The summed E-state index contributed by atoms with van der Waals surface area (Å²) in [5, 5.41) is 11.3. The number of hydrogen-bond donors (Lipinski definition) is 1. The van der Waals surface area contributed by atoms with E-state index in [4.69, 9.17) is 55.0 Å². The molecule has 6 atom stereocenters. The van der Waals surface area contributed by atoms with E-state index >= 15 is 0 Å². The van der Waals surface area contributed by atoms with Gasteiger partial charge in [-0.1, -0.05) is 238 Å². The van der Waals surface area contributed by atoms with Crippen LogP contribution in [0.4, 0.5) is 9.59 Å². The average Bonchev–Trinajstić information content (AvgIpc) is 0.791. The van der Waals surface area contributed by atoms with Gasteiger partial charge in [0.25, 0.3) is 0 Å². The highest BCUT2D eigenvalue weighted by atomic mass is 28.4. The third-order valence-corrected chi connectivity index (χ3v) is 32.1. The molecule has 2 aliphatic heterocycles. The number of ketones is 2. The van der Waals surface area contributed by atoms with Gasteiger partial charge in [0.1, 0.15) is 34.3 Å². The Hall–Kier alpha value is -11.7. The summed E-state index contributed by atoms with van der Waals surface area (Å²) in [4.78, 5) is 68.3. The molecular weight excluding hydrogens is 1660 g/mol. The molecule has 6 unspecified atom stereocenters. The number of carbonyl (C=O) groups is 5. The molecule has 0 saturated carbocycles. The predicted octanol–water partition coefficient (Wildman–Crippen LogP) is 21.6. The highest BCUT2D eigenvalue weighted by Gasteiger charge is 2.59. The van der Waals surface area contributed by atoms with Gasteiger partial charge in [-0.2, -0.15) is 0 Å². The van der Waals surface area contributed by atoms with E-state index < -0.39 is 63.7 Å². The molecule has 13 rings (SSSR count). The molecule has 0 radical (unpaired) electrons. The number of rotatable bonds is 42. The van der Waals surface area contributed by atoms with E-state index in [2.05, 4.69) is 81.4 Å². The lowest BCUT2D eigenvalue weighted by atomic mass is 9.65. The van der Waals surface area contributed by atoms with E-state index in [9.17, 15) is 29.1 Å². The molecule has 20 nitrogen and oxygen atoms in total. The maximum atomic E-state index is 13.8. The maximum absolute atomic E-state index is 13.8. The van der Waals surface area contributed by atoms with E-state index in [0.717, 1.165) is 85.5 Å². The van der Waals surface area contributed by atoms with Gasteiger partial charge in [0.15, 0.2) is 11.6 Å². The van der Waals surface area contributed by atoms with Crippen LogP contribution in [0.3, 0.4) is 0 Å². The van der Waals surface area contributed by atoms with Crippen LogP contribution in [0.25, 0.3) is 0 Å². The van der Waals surface area contributed by atoms with Gasteiger partial charge in [0, 0.05) is 85.7 Å². The van der Waals surface area contributed by atoms with Crippen LogP contribution < -0.4 is 18.9 Å². The first-order chi connectivity index (χ1) is 62.4. The fourth-order valence-electron chi connectivity index (χ4n) is 17.8. The first kappa shape index (κ1) is 96.4. The highest BCUT2D eigenvalue weighted by molar-refractivity contribution is 6.63. The maximum Gasteiger partial charge on any atom is 0.524 e. The molecule has 2 saturated heterocycles. The third kappa shape index (κ3) is 21.8. The van der Waals surface area contributed by atoms with Crippen molar-refractivity contribution in [2.24, 2.45) is 0 Å². The summed E-state index contributed by atoms with van der Waals surface area (Å²) >= 11 is 0. The SMILES string of the molecule is CCO[Si](OCC)(OCC)C1CCN1C(=O)OCCCC(C)(c1ccc(OC(=O)c2ccc(C(c3ccccc3)(c3ccccc3)c3ccc(OC)cc3)cc2)cc1)c1ccc(C(C)=O)cc1.CCO[Si](OCC)(OCC)C1CCN1C(=O)OCCCC(C)(c1ccc(OC(O)c2ccc(C(C)(c3ccccc3)c3ccc(OC)cc3)cc2)cc1)c1ccc(C(C)=O)cc1. The zero-order chi connectivity index (χ0) is 91.8. The fourth-order valence-corrected chi connectivity index (χ4v) is 24.0. The molecule has 0 spiro atoms. The summed E-state index contributed by atoms with van der Waals surface area (Å²) in [6.45, 7) is 25.1. The zero-order valence-corrected chi connectivity index (χ0v) is 78.5. The third-order valence-electron chi connectivity index (χ3n) is 25.1. The summed E-state index contributed by atoms with van der Waals surface area (Å²) in [5.41, 5.74) is 11.0. The molecule has 676 valence electrons. The number of Topliss-reactive ketones (excluding diaryl/α,β-unsaturated/α-hetero) is 2. The number of aliphatic hydroxyl groups is 1. The molecule has 129 heavy (non-hydrogen) atoms. The van der Waals surface area contributed by atoms with Crippen molar-refractivity contribution in [1.82, 2.24) is 9.80 Å². The number of aliphatic hydroxyl groups excluding tert-OH is 1. The van der Waals surface area contributed by atoms with Gasteiger partial charge in [-0.25, -0.2) is 14.4 Å². The Morgan fingerprint density at radius 2 is 0.651 bits per heavy atom. The molecule has 1 N–H and O–H groups in total. The number of ether oxygens (including phenoxy) is 6. The minimum atomic E-state index is -3.13. The number of benzene rings is 11. The van der Waals surface area contributed by atoms with Gasteiger partial charge in [0.2, 0.25) is 6.29 Å². The molecule has 0 aliphatic carbocycles. The smallest absolute Gasteiger partial charge is 0.497 e. The molecule has 0 bridgehead atoms. The number of esters is 1. The molecule has 22 heteroatoms. The van der Waals surface area contributed by atoms with Crippen molar-refractivity contribution in [1.29, 1.82) is 0 Å². The molecule has 2 aliphatic rings. The van der Waals surface area contributed by atoms with E-state index in [-0.39, 0.29) is 36.1 Å². The van der Waals surface area contributed by atoms with Crippen LogP contribution in [0.2, 0.25) is 0 Å². The Morgan fingerprint density at radius 3 is 0.984 bits per heavy atom. The van der Waals surface area contributed by atoms with Crippen LogP contribution >= 0.6 is 0 Å². The van der Waals surface area contributed by atoms with Crippen LogP contribution in [0.5, 0.6) is 23.0 Å². The van der Waals surface area contributed by atoms with Gasteiger partial charge in [0.05, 0.1) is 38.4 Å². The molecule has 2 fully saturated rings. The van der Waals surface area contributed by atoms with Crippen LogP contribution in [-0.4, -0.2) is 154 Å². The summed E-state index contributed by atoms with van der Waals surface area (Å²) in [5.74, 6) is 1.97. The lowest BCUT2D eigenvalue weighted by molar-refractivity contribution is -0.0195. The Kier molecular flexibility index (Phi) is 33.3. The number of methoxy groups -OCH3 is 2. The second-order valence-corrected chi connectivity index (χ2v) is 38.2. The largest absolute Gasteiger partial charge is 0.524 e. The highest BCUT2D eigenvalue weighted by Crippen LogP contribution is 2.48. The number of likely N-dealkylation sites (tertiary alicyclic amines) is 2. The molecule has 11 aromatic rings. The summed E-state index contributed by atoms with van der Waals surface area (Å²) in [7, 11) is -2.92. The van der Waals surface area contributed by atoms with Crippen LogP contribution in [0, 0.1) is 0 Å². The number of nitrogens with zero attached hydrogens (tertiary/aromatic N) is 2. The van der Waals surface area contributed by atoms with Crippen molar-refractivity contribution in [3.63, 3.8) is 0 Å². The molecule has 2 amide bonds. The Morgan fingerprint density at radius 1 is 0.364 bits per heavy atom. The second-order valence-electron chi connectivity index (χ2n) is 32.7. The normalized spacial score (nSPS) is 15.5. The number of hydrogen-bond acceptors (Lipinski definition) is 18. The topological polar surface area (TPSA) is 223 Å². The van der Waals surface area contributed by atoms with Gasteiger partial charge in [-0.15, -0.1) is 0 Å². The Balaban J connectivity index is 0.000000234. The quantitative estimate of drug-likeness (QED) is 0.00714.